The lowest BCUT2D eigenvalue weighted by atomic mass is 10.00. The molecular weight excluding hydrogens is 258 g/mol. The van der Waals surface area contributed by atoms with Gasteiger partial charge < -0.3 is 5.73 Å². The Bertz CT molecular complexity index is 401. The van der Waals surface area contributed by atoms with E-state index in [1.54, 1.807) is 0 Å². The Morgan fingerprint density at radius 2 is 1.82 bits per heavy atom. The topological polar surface area (TPSA) is 26.0 Å². The molecular formula is C11H12ClF4N. The molecule has 0 radical (unpaired) electrons. The van der Waals surface area contributed by atoms with Crippen LogP contribution in [0.3, 0.4) is 0 Å². The van der Waals surface area contributed by atoms with Gasteiger partial charge in [-0.3, -0.25) is 0 Å². The smallest absolute Gasteiger partial charge is 0.324 e. The molecule has 0 bridgehead atoms. The van der Waals surface area contributed by atoms with Crippen LogP contribution in [-0.2, 0) is 6.18 Å². The largest absolute Gasteiger partial charge is 0.419 e. The minimum atomic E-state index is -4.66. The lowest BCUT2D eigenvalue weighted by Crippen LogP contribution is -2.17. The normalized spacial score (nSPS) is 17.5. The Kier molecular flexibility index (Phi) is 4.04. The van der Waals surface area contributed by atoms with Gasteiger partial charge in [0.2, 0.25) is 0 Å². The SMILES string of the molecule is Cl.NC(c1cccc(C(F)(F)F)c1F)C1CC1. The van der Waals surface area contributed by atoms with Crippen LogP contribution in [0, 0.1) is 11.7 Å². The number of nitrogens with two attached hydrogens (primary N) is 1. The number of benzene rings is 1. The second-order valence-electron chi connectivity index (χ2n) is 4.07. The van der Waals surface area contributed by atoms with Crippen LogP contribution >= 0.6 is 12.4 Å². The molecule has 96 valence electrons. The molecule has 0 spiro atoms. The molecule has 0 heterocycles. The van der Waals surface area contributed by atoms with Crippen molar-refractivity contribution < 1.29 is 17.6 Å². The number of hydrogen-bond donors (Lipinski definition) is 1. The Morgan fingerprint density at radius 1 is 1.24 bits per heavy atom. The van der Waals surface area contributed by atoms with E-state index in [1.807, 2.05) is 0 Å². The van der Waals surface area contributed by atoms with Crippen molar-refractivity contribution in [3.63, 3.8) is 0 Å². The second kappa shape index (κ2) is 4.82. The average molecular weight is 270 g/mol. The van der Waals surface area contributed by atoms with E-state index in [9.17, 15) is 17.6 Å². The molecule has 1 aromatic rings. The van der Waals surface area contributed by atoms with Crippen LogP contribution < -0.4 is 5.73 Å². The summed E-state index contributed by atoms with van der Waals surface area (Å²) in [5.41, 5.74) is 4.44. The summed E-state index contributed by atoms with van der Waals surface area (Å²) in [7, 11) is 0. The van der Waals surface area contributed by atoms with Crippen molar-refractivity contribution in [3.05, 3.63) is 35.1 Å². The fourth-order valence-corrected chi connectivity index (χ4v) is 1.74. The summed E-state index contributed by atoms with van der Waals surface area (Å²) in [6.07, 6.45) is -2.95. The molecule has 1 aliphatic carbocycles. The average Bonchev–Trinajstić information content (AvgIpc) is 2.98. The maximum Gasteiger partial charge on any atom is 0.419 e. The maximum absolute atomic E-state index is 13.6. The van der Waals surface area contributed by atoms with E-state index in [0.29, 0.717) is 0 Å². The molecule has 1 unspecified atom stereocenters. The predicted molar refractivity (Wildman–Crippen MR) is 58.3 cm³/mol. The Labute approximate surface area is 102 Å². The summed E-state index contributed by atoms with van der Waals surface area (Å²) in [5, 5.41) is 0. The van der Waals surface area contributed by atoms with Gasteiger partial charge in [0.15, 0.2) is 0 Å². The van der Waals surface area contributed by atoms with Gasteiger partial charge in [0.1, 0.15) is 5.82 Å². The zero-order valence-corrected chi connectivity index (χ0v) is 9.61. The predicted octanol–water partition coefficient (Wildman–Crippen LogP) is 3.68. The molecule has 0 amide bonds. The van der Waals surface area contributed by atoms with Gasteiger partial charge in [-0.2, -0.15) is 13.2 Å². The van der Waals surface area contributed by atoms with Gasteiger partial charge in [-0.15, -0.1) is 12.4 Å². The van der Waals surface area contributed by atoms with Crippen molar-refractivity contribution in [3.8, 4) is 0 Å². The van der Waals surface area contributed by atoms with E-state index in [2.05, 4.69) is 0 Å². The van der Waals surface area contributed by atoms with Crippen molar-refractivity contribution in [1.82, 2.24) is 0 Å². The van der Waals surface area contributed by atoms with Crippen molar-refractivity contribution in [1.29, 1.82) is 0 Å². The highest BCUT2D eigenvalue weighted by Gasteiger charge is 2.37. The van der Waals surface area contributed by atoms with E-state index in [1.165, 1.54) is 12.1 Å². The Hall–Kier alpha value is -0.810. The van der Waals surface area contributed by atoms with E-state index in [0.717, 1.165) is 18.9 Å². The minimum Gasteiger partial charge on any atom is -0.324 e. The van der Waals surface area contributed by atoms with E-state index in [-0.39, 0.29) is 23.9 Å². The van der Waals surface area contributed by atoms with Crippen molar-refractivity contribution >= 4 is 12.4 Å². The van der Waals surface area contributed by atoms with Crippen LogP contribution in [-0.4, -0.2) is 0 Å². The van der Waals surface area contributed by atoms with Gasteiger partial charge in [-0.1, -0.05) is 12.1 Å². The van der Waals surface area contributed by atoms with Crippen LogP contribution in [0.5, 0.6) is 0 Å². The van der Waals surface area contributed by atoms with E-state index < -0.39 is 23.6 Å². The van der Waals surface area contributed by atoms with Gasteiger partial charge in [0.05, 0.1) is 5.56 Å². The monoisotopic (exact) mass is 269 g/mol. The highest BCUT2D eigenvalue weighted by atomic mass is 35.5. The van der Waals surface area contributed by atoms with Crippen LogP contribution in [0.2, 0.25) is 0 Å². The minimum absolute atomic E-state index is 0. The zero-order chi connectivity index (χ0) is 11.9. The molecule has 2 N–H and O–H groups in total. The third-order valence-electron chi connectivity index (χ3n) is 2.82. The molecule has 1 aliphatic rings. The van der Waals surface area contributed by atoms with Crippen LogP contribution in [0.4, 0.5) is 17.6 Å². The summed E-state index contributed by atoms with van der Waals surface area (Å²) in [6.45, 7) is 0. The third kappa shape index (κ3) is 2.90. The van der Waals surface area contributed by atoms with E-state index in [4.69, 9.17) is 5.73 Å². The fourth-order valence-electron chi connectivity index (χ4n) is 1.74. The molecule has 0 saturated heterocycles. The molecule has 1 nitrogen and oxygen atoms in total. The van der Waals surface area contributed by atoms with Crippen molar-refractivity contribution in [2.75, 3.05) is 0 Å². The molecule has 1 aromatic carbocycles. The first-order valence-electron chi connectivity index (χ1n) is 5.02. The van der Waals surface area contributed by atoms with Gasteiger partial charge in [-0.05, 0) is 24.8 Å². The highest BCUT2D eigenvalue weighted by Crippen LogP contribution is 2.42. The van der Waals surface area contributed by atoms with E-state index >= 15 is 0 Å². The molecule has 1 saturated carbocycles. The van der Waals surface area contributed by atoms with Crippen LogP contribution in [0.15, 0.2) is 18.2 Å². The summed E-state index contributed by atoms with van der Waals surface area (Å²) in [6, 6.07) is 2.64. The first kappa shape index (κ1) is 14.3. The number of rotatable bonds is 2. The number of halogens is 5. The molecule has 6 heteroatoms. The standard InChI is InChI=1S/C11H11F4N.ClH/c12-9-7(10(16)6-4-5-6)2-1-3-8(9)11(13,14)15;/h1-3,6,10H,4-5,16H2;1H. The highest BCUT2D eigenvalue weighted by molar-refractivity contribution is 5.85. The number of alkyl halides is 3. The zero-order valence-electron chi connectivity index (χ0n) is 8.80. The Morgan fingerprint density at radius 3 is 2.29 bits per heavy atom. The van der Waals surface area contributed by atoms with Crippen LogP contribution in [0.25, 0.3) is 0 Å². The molecule has 2 rings (SSSR count). The Balaban J connectivity index is 0.00000144. The first-order chi connectivity index (χ1) is 7.41. The van der Waals surface area contributed by atoms with Crippen molar-refractivity contribution in [2.45, 2.75) is 25.1 Å². The number of hydrogen-bond acceptors (Lipinski definition) is 1. The molecule has 0 aliphatic heterocycles. The van der Waals surface area contributed by atoms with Gasteiger partial charge in [-0.25, -0.2) is 4.39 Å². The molecule has 17 heavy (non-hydrogen) atoms. The lowest BCUT2D eigenvalue weighted by molar-refractivity contribution is -0.140. The summed E-state index contributed by atoms with van der Waals surface area (Å²) in [5.74, 6) is -1.10. The fraction of sp³-hybridized carbons (Fsp3) is 0.455. The first-order valence-corrected chi connectivity index (χ1v) is 5.02. The van der Waals surface area contributed by atoms with Crippen molar-refractivity contribution in [2.24, 2.45) is 11.7 Å². The van der Waals surface area contributed by atoms with Crippen LogP contribution in [0.1, 0.15) is 30.0 Å². The second-order valence-corrected chi connectivity index (χ2v) is 4.07. The summed E-state index contributed by atoms with van der Waals surface area (Å²) < 4.78 is 50.9. The third-order valence-corrected chi connectivity index (χ3v) is 2.82. The quantitative estimate of drug-likeness (QED) is 0.815. The lowest BCUT2D eigenvalue weighted by Gasteiger charge is -2.15. The molecule has 1 atom stereocenters. The van der Waals surface area contributed by atoms with Gasteiger partial charge >= 0.3 is 6.18 Å². The maximum atomic E-state index is 13.6. The summed E-state index contributed by atoms with van der Waals surface area (Å²) in [4.78, 5) is 0. The van der Waals surface area contributed by atoms with Gasteiger partial charge in [0, 0.05) is 11.6 Å². The van der Waals surface area contributed by atoms with Gasteiger partial charge in [0.25, 0.3) is 0 Å². The summed E-state index contributed by atoms with van der Waals surface area (Å²) >= 11 is 0. The molecule has 1 fully saturated rings. The molecule has 0 aromatic heterocycles.